The summed E-state index contributed by atoms with van der Waals surface area (Å²) in [7, 11) is 0. The molecule has 3 atom stereocenters. The van der Waals surface area contributed by atoms with E-state index < -0.39 is 23.6 Å². The molecule has 3 amide bonds. The van der Waals surface area contributed by atoms with E-state index >= 15 is 13.2 Å². The predicted octanol–water partition coefficient (Wildman–Crippen LogP) is 6.76. The van der Waals surface area contributed by atoms with Gasteiger partial charge >= 0.3 is 6.01 Å². The lowest BCUT2D eigenvalue weighted by atomic mass is 9.82. The van der Waals surface area contributed by atoms with Crippen molar-refractivity contribution in [3.63, 3.8) is 0 Å². The number of terminal acetylenes is 1. The number of aromatic hydroxyl groups is 1. The number of imide groups is 1. The largest absolute Gasteiger partial charge is 0.508 e. The van der Waals surface area contributed by atoms with Gasteiger partial charge in [-0.1, -0.05) is 12.0 Å². The molecule has 3 unspecified atom stereocenters. The molecule has 3 N–H and O–H groups in total. The molecule has 5 aromatic rings. The number of phenolic OH excluding ortho intramolecular Hbond substituents is 1. The number of carbonyl (C=O) groups excluding carboxylic acids is 3. The second-order valence-electron chi connectivity index (χ2n) is 22.1. The number of ether oxygens (including phenoxy) is 1. The van der Waals surface area contributed by atoms with E-state index in [9.17, 15) is 19.5 Å². The Morgan fingerprint density at radius 2 is 1.51 bits per heavy atom. The summed E-state index contributed by atoms with van der Waals surface area (Å²) in [6.07, 6.45) is 17.7. The molecule has 3 aromatic carbocycles. The molecule has 12 rings (SSSR count). The quantitative estimate of drug-likeness (QED) is 0.0890. The highest BCUT2D eigenvalue weighted by Crippen LogP contribution is 2.41. The van der Waals surface area contributed by atoms with E-state index in [0.717, 1.165) is 90.3 Å². The van der Waals surface area contributed by atoms with Crippen LogP contribution in [0.25, 0.3) is 32.9 Å². The van der Waals surface area contributed by atoms with Gasteiger partial charge in [0.15, 0.2) is 11.6 Å². The number of benzene rings is 3. The lowest BCUT2D eigenvalue weighted by Gasteiger charge is -2.39. The summed E-state index contributed by atoms with van der Waals surface area (Å²) < 4.78 is 54.4. The van der Waals surface area contributed by atoms with Crippen LogP contribution in [0.5, 0.6) is 11.8 Å². The summed E-state index contributed by atoms with van der Waals surface area (Å²) in [6, 6.07) is 8.85. The van der Waals surface area contributed by atoms with Crippen molar-refractivity contribution in [2.24, 2.45) is 17.8 Å². The van der Waals surface area contributed by atoms with E-state index in [0.29, 0.717) is 83.6 Å². The van der Waals surface area contributed by atoms with Gasteiger partial charge in [0, 0.05) is 86.0 Å². The number of rotatable bonds is 12. The molecule has 9 heterocycles. The van der Waals surface area contributed by atoms with E-state index in [1.54, 1.807) is 18.3 Å². The van der Waals surface area contributed by atoms with Crippen LogP contribution in [0.2, 0.25) is 0 Å². The zero-order valence-electron chi connectivity index (χ0n) is 42.1. The minimum atomic E-state index is -0.771. The van der Waals surface area contributed by atoms with Crippen LogP contribution in [-0.2, 0) is 16.1 Å². The number of anilines is 2. The number of aromatic nitrogens is 3. The third-order valence-corrected chi connectivity index (χ3v) is 17.4. The minimum Gasteiger partial charge on any atom is -0.508 e. The standard InChI is InChI=1S/C57H63F3N10O5/c1-2-40-45(58)7-3-36-26-39(71)27-42(49(36)40)52-51(60)53-43(28-61-52)54(69-30-37-4-5-38(31-69)62-37)65-57(64-53)75-24-23-66-17-11-33(12-18-66)25-34-13-19-67(20-14-34)29-35-15-21-68(22-16-35)46-8-6-41-44(50(46)59)32-70(56(41)74)47-9-10-48(72)63-55(47)73/h1,3,6-8,26-28,33-35,37-38,47,62,71H,4-5,9-25,29-32H2,(H,63,72,73). The van der Waals surface area contributed by atoms with Crippen molar-refractivity contribution in [2.45, 2.75) is 95.3 Å². The second-order valence-corrected chi connectivity index (χ2v) is 22.1. The number of likely N-dealkylation sites (tertiary alicyclic amines) is 2. The first-order valence-electron chi connectivity index (χ1n) is 27.0. The van der Waals surface area contributed by atoms with Crippen LogP contribution < -0.4 is 25.2 Å². The molecule has 75 heavy (non-hydrogen) atoms. The number of hydrogen-bond donors (Lipinski definition) is 3. The number of fused-ring (bicyclic) bond motifs is 5. The van der Waals surface area contributed by atoms with E-state index in [1.807, 2.05) is 0 Å². The average molecular weight is 1030 g/mol. The topological polar surface area (TPSA) is 160 Å². The summed E-state index contributed by atoms with van der Waals surface area (Å²) in [5.41, 5.74) is 1.19. The predicted molar refractivity (Wildman–Crippen MR) is 278 cm³/mol. The van der Waals surface area contributed by atoms with Gasteiger partial charge in [0.25, 0.3) is 5.91 Å². The molecule has 0 saturated carbocycles. The Kier molecular flexibility index (Phi) is 13.5. The summed E-state index contributed by atoms with van der Waals surface area (Å²) in [5, 5.41) is 17.8. The van der Waals surface area contributed by atoms with Gasteiger partial charge in [-0.25, -0.2) is 13.2 Å². The van der Waals surface area contributed by atoms with E-state index in [4.69, 9.17) is 16.1 Å². The van der Waals surface area contributed by atoms with Crippen molar-refractivity contribution in [1.29, 1.82) is 0 Å². The van der Waals surface area contributed by atoms with Crippen molar-refractivity contribution in [2.75, 3.05) is 81.9 Å². The van der Waals surface area contributed by atoms with E-state index in [1.165, 1.54) is 48.4 Å². The fourth-order valence-corrected chi connectivity index (χ4v) is 13.4. The summed E-state index contributed by atoms with van der Waals surface area (Å²) in [4.78, 5) is 62.2. The van der Waals surface area contributed by atoms with Crippen molar-refractivity contribution in [3.8, 4) is 35.4 Å². The highest BCUT2D eigenvalue weighted by atomic mass is 19.1. The average Bonchev–Trinajstić information content (AvgIpc) is 3.94. The number of carbonyl (C=O) groups is 3. The van der Waals surface area contributed by atoms with Crippen molar-refractivity contribution >= 4 is 50.9 Å². The van der Waals surface area contributed by atoms with Crippen LogP contribution in [0, 0.1) is 47.5 Å². The molecule has 7 aliphatic rings. The zero-order chi connectivity index (χ0) is 51.5. The lowest BCUT2D eigenvalue weighted by Crippen LogP contribution is -2.52. The maximum atomic E-state index is 17.0. The summed E-state index contributed by atoms with van der Waals surface area (Å²) >= 11 is 0. The van der Waals surface area contributed by atoms with E-state index in [2.05, 4.69) is 46.1 Å². The minimum absolute atomic E-state index is 0.0302. The molecular formula is C57H63F3N10O5. The van der Waals surface area contributed by atoms with Gasteiger partial charge in [-0.15, -0.1) is 6.42 Å². The number of hydrogen-bond acceptors (Lipinski definition) is 13. The Hall–Kier alpha value is -6.55. The number of pyridine rings is 1. The van der Waals surface area contributed by atoms with Crippen LogP contribution in [0.4, 0.5) is 24.7 Å². The number of amides is 3. The second kappa shape index (κ2) is 20.5. The Morgan fingerprint density at radius 1 is 0.787 bits per heavy atom. The number of piperazine rings is 1. The molecule has 18 heteroatoms. The molecule has 392 valence electrons. The number of piperidine rings is 4. The van der Waals surface area contributed by atoms with Gasteiger partial charge in [0.05, 0.1) is 23.2 Å². The molecule has 0 radical (unpaired) electrons. The molecule has 2 bridgehead atoms. The maximum absolute atomic E-state index is 17.0. The molecule has 0 spiro atoms. The van der Waals surface area contributed by atoms with Gasteiger partial charge in [-0.05, 0) is 144 Å². The highest BCUT2D eigenvalue weighted by Gasteiger charge is 2.41. The van der Waals surface area contributed by atoms with Gasteiger partial charge < -0.3 is 34.8 Å². The van der Waals surface area contributed by atoms with Crippen LogP contribution in [0.1, 0.15) is 92.1 Å². The molecule has 6 fully saturated rings. The molecular weight excluding hydrogens is 962 g/mol. The van der Waals surface area contributed by atoms with Crippen LogP contribution in [0.15, 0.2) is 42.6 Å². The van der Waals surface area contributed by atoms with Gasteiger partial charge in [-0.3, -0.25) is 29.6 Å². The van der Waals surface area contributed by atoms with Crippen molar-refractivity contribution in [1.82, 2.24) is 40.3 Å². The molecule has 15 nitrogen and oxygen atoms in total. The zero-order valence-corrected chi connectivity index (χ0v) is 42.1. The Balaban J connectivity index is 0.619. The van der Waals surface area contributed by atoms with Crippen LogP contribution >= 0.6 is 0 Å². The summed E-state index contributed by atoms with van der Waals surface area (Å²) in [6.45, 7) is 9.19. The lowest BCUT2D eigenvalue weighted by molar-refractivity contribution is -0.136. The van der Waals surface area contributed by atoms with Crippen LogP contribution in [-0.4, -0.2) is 143 Å². The molecule has 0 aliphatic carbocycles. The smallest absolute Gasteiger partial charge is 0.319 e. The van der Waals surface area contributed by atoms with Crippen molar-refractivity contribution in [3.05, 3.63) is 76.7 Å². The first-order chi connectivity index (χ1) is 36.4. The SMILES string of the molecule is C#Cc1c(F)ccc2cc(O)cc(-c3ncc4c(N5CC6CCC(C5)N6)nc(OCCN5CCC(CC6CCN(CC7CCN(c8ccc9c(c8F)CN(C8CCC(=O)NC8=O)C9=O)CC7)CC6)CC5)nc4c3F)c12. The third kappa shape index (κ3) is 9.72. The number of phenols is 1. The van der Waals surface area contributed by atoms with Crippen molar-refractivity contribution < 1.29 is 37.4 Å². The summed E-state index contributed by atoms with van der Waals surface area (Å²) in [5.74, 6) is 1.82. The number of nitrogens with zero attached hydrogens (tertiary/aromatic N) is 8. The normalized spacial score (nSPS) is 23.4. The fourth-order valence-electron chi connectivity index (χ4n) is 13.4. The third-order valence-electron chi connectivity index (χ3n) is 17.4. The molecule has 2 aromatic heterocycles. The Morgan fingerprint density at radius 3 is 2.23 bits per heavy atom. The van der Waals surface area contributed by atoms with Crippen LogP contribution in [0.3, 0.4) is 0 Å². The van der Waals surface area contributed by atoms with E-state index in [-0.39, 0.29) is 76.5 Å². The molecule has 7 aliphatic heterocycles. The Bertz CT molecular complexity index is 3100. The molecule has 6 saturated heterocycles. The first kappa shape index (κ1) is 49.3. The highest BCUT2D eigenvalue weighted by molar-refractivity contribution is 6.06. The monoisotopic (exact) mass is 1020 g/mol. The number of halogens is 3. The van der Waals surface area contributed by atoms with Gasteiger partial charge in [-0.2, -0.15) is 9.97 Å². The first-order valence-corrected chi connectivity index (χ1v) is 27.0. The van der Waals surface area contributed by atoms with Gasteiger partial charge in [0.1, 0.15) is 41.2 Å². The Labute approximate surface area is 434 Å². The fraction of sp³-hybridized carbons (Fsp3) is 0.509. The maximum Gasteiger partial charge on any atom is 0.319 e. The van der Waals surface area contributed by atoms with Gasteiger partial charge in [0.2, 0.25) is 11.8 Å². The number of nitrogens with one attached hydrogen (secondary N) is 2.